The first kappa shape index (κ1) is 20.3. The fraction of sp³-hybridized carbons (Fsp3) is 0.522. The monoisotopic (exact) mass is 380 g/mol. The number of amides is 1. The number of anilines is 1. The average molecular weight is 381 g/mol. The van der Waals surface area contributed by atoms with Crippen LogP contribution >= 0.6 is 0 Å². The highest BCUT2D eigenvalue weighted by molar-refractivity contribution is 5.84. The van der Waals surface area contributed by atoms with Gasteiger partial charge in [-0.25, -0.2) is 9.97 Å². The topological polar surface area (TPSA) is 49.3 Å². The summed E-state index contributed by atoms with van der Waals surface area (Å²) in [5, 5.41) is 0. The number of benzene rings is 1. The van der Waals surface area contributed by atoms with E-state index < -0.39 is 0 Å². The highest BCUT2D eigenvalue weighted by Crippen LogP contribution is 2.29. The van der Waals surface area contributed by atoms with Gasteiger partial charge >= 0.3 is 0 Å². The van der Waals surface area contributed by atoms with E-state index in [-0.39, 0.29) is 11.8 Å². The highest BCUT2D eigenvalue weighted by Gasteiger charge is 2.29. The summed E-state index contributed by atoms with van der Waals surface area (Å²) in [6.07, 6.45) is 0.824. The van der Waals surface area contributed by atoms with Crippen LogP contribution in [0.3, 0.4) is 0 Å². The molecule has 1 atom stereocenters. The third-order valence-corrected chi connectivity index (χ3v) is 5.60. The Kier molecular flexibility index (Phi) is 6.32. The van der Waals surface area contributed by atoms with Gasteiger partial charge in [-0.1, -0.05) is 51.1 Å². The van der Waals surface area contributed by atoms with E-state index in [9.17, 15) is 4.79 Å². The molecule has 2 heterocycles. The molecule has 1 aromatic heterocycles. The van der Waals surface area contributed by atoms with E-state index >= 15 is 0 Å². The molecule has 0 N–H and O–H groups in total. The SMILES string of the molecule is CC[C@@H](C(=O)N1CCN(c2nc(C)nc(C)c2C(C)C)CC1)c1ccccc1. The predicted octanol–water partition coefficient (Wildman–Crippen LogP) is 4.06. The number of hydrogen-bond acceptors (Lipinski definition) is 4. The van der Waals surface area contributed by atoms with Gasteiger partial charge in [0.25, 0.3) is 0 Å². The van der Waals surface area contributed by atoms with Crippen LogP contribution < -0.4 is 4.90 Å². The van der Waals surface area contributed by atoms with Crippen LogP contribution in [0.4, 0.5) is 5.82 Å². The summed E-state index contributed by atoms with van der Waals surface area (Å²) in [5.74, 6) is 2.42. The molecule has 1 aromatic carbocycles. The van der Waals surface area contributed by atoms with Gasteiger partial charge < -0.3 is 9.80 Å². The number of nitrogens with zero attached hydrogens (tertiary/aromatic N) is 4. The molecule has 1 saturated heterocycles. The zero-order chi connectivity index (χ0) is 20.3. The van der Waals surface area contributed by atoms with Crippen molar-refractivity contribution < 1.29 is 4.79 Å². The Hall–Kier alpha value is -2.43. The van der Waals surface area contributed by atoms with Gasteiger partial charge in [-0.2, -0.15) is 0 Å². The molecule has 3 rings (SSSR count). The largest absolute Gasteiger partial charge is 0.353 e. The van der Waals surface area contributed by atoms with Gasteiger partial charge in [-0.05, 0) is 31.7 Å². The second-order valence-electron chi connectivity index (χ2n) is 7.93. The molecule has 1 amide bonds. The molecule has 0 unspecified atom stereocenters. The summed E-state index contributed by atoms with van der Waals surface area (Å²) in [4.78, 5) is 26.8. The second kappa shape index (κ2) is 8.72. The Bertz CT molecular complexity index is 811. The molecular formula is C23H32N4O. The lowest BCUT2D eigenvalue weighted by Gasteiger charge is -2.38. The highest BCUT2D eigenvalue weighted by atomic mass is 16.2. The second-order valence-corrected chi connectivity index (χ2v) is 7.93. The number of carbonyl (C=O) groups is 1. The van der Waals surface area contributed by atoms with E-state index in [1.165, 1.54) is 5.56 Å². The fourth-order valence-corrected chi connectivity index (χ4v) is 4.22. The Morgan fingerprint density at radius 2 is 1.68 bits per heavy atom. The van der Waals surface area contributed by atoms with Gasteiger partial charge in [0.1, 0.15) is 11.6 Å². The minimum absolute atomic E-state index is 0.0532. The Morgan fingerprint density at radius 1 is 1.04 bits per heavy atom. The number of piperazine rings is 1. The van der Waals surface area contributed by atoms with Crippen molar-refractivity contribution in [1.82, 2.24) is 14.9 Å². The van der Waals surface area contributed by atoms with E-state index in [2.05, 4.69) is 49.7 Å². The molecule has 28 heavy (non-hydrogen) atoms. The van der Waals surface area contributed by atoms with Crippen molar-refractivity contribution in [1.29, 1.82) is 0 Å². The number of aryl methyl sites for hydroxylation is 2. The van der Waals surface area contributed by atoms with E-state index in [1.54, 1.807) is 0 Å². The fourth-order valence-electron chi connectivity index (χ4n) is 4.22. The van der Waals surface area contributed by atoms with Gasteiger partial charge in [0.15, 0.2) is 0 Å². The Morgan fingerprint density at radius 3 is 2.25 bits per heavy atom. The summed E-state index contributed by atoms with van der Waals surface area (Å²) in [6.45, 7) is 13.6. The van der Waals surface area contributed by atoms with Crippen LogP contribution in [0.1, 0.15) is 61.7 Å². The molecule has 0 radical (unpaired) electrons. The molecule has 1 aliphatic rings. The minimum Gasteiger partial charge on any atom is -0.353 e. The quantitative estimate of drug-likeness (QED) is 0.785. The van der Waals surface area contributed by atoms with E-state index in [4.69, 9.17) is 4.98 Å². The molecule has 5 nitrogen and oxygen atoms in total. The number of aromatic nitrogens is 2. The summed E-state index contributed by atoms with van der Waals surface area (Å²) in [5.41, 5.74) is 3.40. The van der Waals surface area contributed by atoms with E-state index in [0.717, 1.165) is 55.5 Å². The molecule has 0 bridgehead atoms. The van der Waals surface area contributed by atoms with Crippen molar-refractivity contribution in [3.63, 3.8) is 0 Å². The maximum absolute atomic E-state index is 13.1. The third kappa shape index (κ3) is 4.18. The molecule has 150 valence electrons. The Labute approximate surface area is 168 Å². The van der Waals surface area contributed by atoms with Crippen molar-refractivity contribution >= 4 is 11.7 Å². The maximum atomic E-state index is 13.1. The maximum Gasteiger partial charge on any atom is 0.230 e. The number of carbonyl (C=O) groups excluding carboxylic acids is 1. The molecule has 1 fully saturated rings. The van der Waals surface area contributed by atoms with E-state index in [0.29, 0.717) is 5.92 Å². The van der Waals surface area contributed by atoms with Crippen LogP contribution in [0.2, 0.25) is 0 Å². The zero-order valence-electron chi connectivity index (χ0n) is 17.8. The molecule has 1 aliphatic heterocycles. The van der Waals surface area contributed by atoms with Crippen LogP contribution in [0.15, 0.2) is 30.3 Å². The van der Waals surface area contributed by atoms with E-state index in [1.807, 2.05) is 30.0 Å². The summed E-state index contributed by atoms with van der Waals surface area (Å²) >= 11 is 0. The summed E-state index contributed by atoms with van der Waals surface area (Å²) in [6, 6.07) is 10.1. The van der Waals surface area contributed by atoms with Crippen molar-refractivity contribution in [3.05, 3.63) is 53.0 Å². The van der Waals surface area contributed by atoms with Gasteiger partial charge in [-0.15, -0.1) is 0 Å². The van der Waals surface area contributed by atoms with Crippen LogP contribution in [-0.4, -0.2) is 47.0 Å². The molecular weight excluding hydrogens is 348 g/mol. The lowest BCUT2D eigenvalue weighted by Crippen LogP contribution is -2.50. The van der Waals surface area contributed by atoms with Crippen LogP contribution in [0.25, 0.3) is 0 Å². The zero-order valence-corrected chi connectivity index (χ0v) is 17.8. The predicted molar refractivity (Wildman–Crippen MR) is 114 cm³/mol. The molecule has 0 aliphatic carbocycles. The number of rotatable bonds is 5. The van der Waals surface area contributed by atoms with Gasteiger partial charge in [-0.3, -0.25) is 4.79 Å². The normalized spacial score (nSPS) is 15.8. The first-order valence-electron chi connectivity index (χ1n) is 10.4. The Balaban J connectivity index is 1.74. The first-order chi connectivity index (χ1) is 13.4. The van der Waals surface area contributed by atoms with Crippen LogP contribution in [-0.2, 0) is 4.79 Å². The van der Waals surface area contributed by atoms with Crippen molar-refractivity contribution in [2.45, 2.75) is 52.9 Å². The van der Waals surface area contributed by atoms with Crippen molar-refractivity contribution in [3.8, 4) is 0 Å². The summed E-state index contributed by atoms with van der Waals surface area (Å²) in [7, 11) is 0. The van der Waals surface area contributed by atoms with Gasteiger partial charge in [0.05, 0.1) is 5.92 Å². The lowest BCUT2D eigenvalue weighted by atomic mass is 9.94. The van der Waals surface area contributed by atoms with Crippen LogP contribution in [0, 0.1) is 13.8 Å². The van der Waals surface area contributed by atoms with Crippen molar-refractivity contribution in [2.24, 2.45) is 0 Å². The van der Waals surface area contributed by atoms with Crippen molar-refractivity contribution in [2.75, 3.05) is 31.1 Å². The molecule has 0 saturated carbocycles. The molecule has 5 heteroatoms. The molecule has 2 aromatic rings. The molecule has 0 spiro atoms. The van der Waals surface area contributed by atoms with Gasteiger partial charge in [0.2, 0.25) is 5.91 Å². The lowest BCUT2D eigenvalue weighted by molar-refractivity contribution is -0.133. The van der Waals surface area contributed by atoms with Crippen LogP contribution in [0.5, 0.6) is 0 Å². The summed E-state index contributed by atoms with van der Waals surface area (Å²) < 4.78 is 0. The number of hydrogen-bond donors (Lipinski definition) is 0. The first-order valence-corrected chi connectivity index (χ1v) is 10.4. The smallest absolute Gasteiger partial charge is 0.230 e. The minimum atomic E-state index is -0.0532. The standard InChI is InChI=1S/C23H32N4O/c1-6-20(19-10-8-7-9-11-19)23(28)27-14-12-26(13-15-27)22-21(16(2)3)17(4)24-18(5)25-22/h7-11,16,20H,6,12-15H2,1-5H3/t20-/m1/s1. The average Bonchev–Trinajstić information content (AvgIpc) is 2.68. The third-order valence-electron chi connectivity index (χ3n) is 5.60. The van der Waals surface area contributed by atoms with Gasteiger partial charge in [0, 0.05) is 37.4 Å².